The fraction of sp³-hybridized carbons (Fsp3) is 0.0455. The van der Waals surface area contributed by atoms with E-state index in [2.05, 4.69) is 20.3 Å². The third kappa shape index (κ3) is 5.78. The maximum atomic E-state index is 12.1. The second-order valence-corrected chi connectivity index (χ2v) is 7.70. The molecular weight excluding hydrogens is 434 g/mol. The van der Waals surface area contributed by atoms with Gasteiger partial charge in [0.1, 0.15) is 12.1 Å². The fourth-order valence-electron chi connectivity index (χ4n) is 2.52. The molecule has 0 spiro atoms. The van der Waals surface area contributed by atoms with E-state index in [1.807, 2.05) is 24.3 Å². The van der Waals surface area contributed by atoms with Crippen molar-refractivity contribution in [2.24, 2.45) is 5.10 Å². The number of halogens is 1. The minimum atomic E-state index is -0.457. The number of hydrogen-bond donors (Lipinski definition) is 0. The third-order valence-electron chi connectivity index (χ3n) is 4.10. The van der Waals surface area contributed by atoms with Gasteiger partial charge in [-0.3, -0.25) is 4.98 Å². The van der Waals surface area contributed by atoms with Crippen molar-refractivity contribution in [3.8, 4) is 5.75 Å². The van der Waals surface area contributed by atoms with Gasteiger partial charge in [0.2, 0.25) is 5.16 Å². The molecule has 0 N–H and O–H groups in total. The van der Waals surface area contributed by atoms with Gasteiger partial charge in [-0.1, -0.05) is 35.5 Å². The van der Waals surface area contributed by atoms with Gasteiger partial charge in [0.15, 0.2) is 0 Å². The first-order valence-electron chi connectivity index (χ1n) is 9.21. The largest absolute Gasteiger partial charge is 0.423 e. The highest BCUT2D eigenvalue weighted by molar-refractivity contribution is 7.98. The molecule has 0 fully saturated rings. The lowest BCUT2D eigenvalue weighted by Gasteiger charge is -2.04. The van der Waals surface area contributed by atoms with Gasteiger partial charge >= 0.3 is 5.97 Å². The summed E-state index contributed by atoms with van der Waals surface area (Å²) < 4.78 is 6.95. The SMILES string of the molecule is O=C(Oc1ccc(/C=N/n2cnnc2SCc2ccc(Cl)cc2)cc1)c1cccnc1. The van der Waals surface area contributed by atoms with Crippen LogP contribution in [-0.2, 0) is 5.75 Å². The third-order valence-corrected chi connectivity index (χ3v) is 5.36. The lowest BCUT2D eigenvalue weighted by molar-refractivity contribution is 0.0734. The van der Waals surface area contributed by atoms with E-state index in [-0.39, 0.29) is 0 Å². The first-order valence-corrected chi connectivity index (χ1v) is 10.6. The molecule has 9 heteroatoms. The van der Waals surface area contributed by atoms with Crippen molar-refractivity contribution in [1.82, 2.24) is 19.9 Å². The van der Waals surface area contributed by atoms with Crippen LogP contribution in [0.4, 0.5) is 0 Å². The van der Waals surface area contributed by atoms with Gasteiger partial charge < -0.3 is 4.74 Å². The Bertz CT molecular complexity index is 1180. The van der Waals surface area contributed by atoms with Crippen LogP contribution < -0.4 is 4.74 Å². The quantitative estimate of drug-likeness (QED) is 0.176. The van der Waals surface area contributed by atoms with Crippen LogP contribution >= 0.6 is 23.4 Å². The maximum Gasteiger partial charge on any atom is 0.345 e. The summed E-state index contributed by atoms with van der Waals surface area (Å²) in [4.78, 5) is 16.0. The molecule has 0 bridgehead atoms. The number of esters is 1. The van der Waals surface area contributed by atoms with Gasteiger partial charge in [0.25, 0.3) is 0 Å². The Morgan fingerprint density at radius 1 is 1.13 bits per heavy atom. The van der Waals surface area contributed by atoms with Crippen LogP contribution in [0.5, 0.6) is 5.75 Å². The number of benzene rings is 2. The van der Waals surface area contributed by atoms with E-state index in [1.54, 1.807) is 59.8 Å². The number of rotatable bonds is 7. The van der Waals surface area contributed by atoms with Crippen molar-refractivity contribution in [3.05, 3.63) is 101 Å². The zero-order chi connectivity index (χ0) is 21.5. The Morgan fingerprint density at radius 2 is 1.94 bits per heavy atom. The summed E-state index contributed by atoms with van der Waals surface area (Å²) in [5.74, 6) is 0.707. The molecule has 4 rings (SSSR count). The topological polar surface area (TPSA) is 82.3 Å². The molecule has 0 aliphatic rings. The maximum absolute atomic E-state index is 12.1. The van der Waals surface area contributed by atoms with Crippen LogP contribution in [0.2, 0.25) is 5.02 Å². The van der Waals surface area contributed by atoms with Crippen molar-refractivity contribution >= 4 is 35.5 Å². The summed E-state index contributed by atoms with van der Waals surface area (Å²) in [6, 6.07) is 18.0. The molecule has 2 aromatic heterocycles. The zero-order valence-corrected chi connectivity index (χ0v) is 17.7. The first-order chi connectivity index (χ1) is 15.2. The van der Waals surface area contributed by atoms with Gasteiger partial charge in [-0.05, 0) is 59.7 Å². The number of thioether (sulfide) groups is 1. The van der Waals surface area contributed by atoms with Gasteiger partial charge in [-0.25, -0.2) is 4.79 Å². The molecule has 154 valence electrons. The van der Waals surface area contributed by atoms with Crippen LogP contribution in [0.1, 0.15) is 21.5 Å². The van der Waals surface area contributed by atoms with Gasteiger partial charge in [0.05, 0.1) is 11.8 Å². The average Bonchev–Trinajstić information content (AvgIpc) is 3.26. The summed E-state index contributed by atoms with van der Waals surface area (Å²) in [5, 5.41) is 13.8. The molecule has 4 aromatic rings. The highest BCUT2D eigenvalue weighted by Gasteiger charge is 2.08. The van der Waals surface area contributed by atoms with E-state index in [1.165, 1.54) is 18.0 Å². The molecule has 2 heterocycles. The lowest BCUT2D eigenvalue weighted by Crippen LogP contribution is -2.08. The highest BCUT2D eigenvalue weighted by atomic mass is 35.5. The van der Waals surface area contributed by atoms with Crippen LogP contribution in [0.15, 0.2) is 89.6 Å². The zero-order valence-electron chi connectivity index (χ0n) is 16.1. The second-order valence-electron chi connectivity index (χ2n) is 6.32. The Labute approximate surface area is 187 Å². The van der Waals surface area contributed by atoms with E-state index < -0.39 is 5.97 Å². The first kappa shape index (κ1) is 20.8. The predicted molar refractivity (Wildman–Crippen MR) is 120 cm³/mol. The van der Waals surface area contributed by atoms with Crippen molar-refractivity contribution < 1.29 is 9.53 Å². The van der Waals surface area contributed by atoms with E-state index in [9.17, 15) is 4.79 Å². The Kier molecular flexibility index (Phi) is 6.71. The molecule has 0 aliphatic carbocycles. The lowest BCUT2D eigenvalue weighted by atomic mass is 10.2. The predicted octanol–water partition coefficient (Wildman–Crippen LogP) is 4.72. The van der Waals surface area contributed by atoms with E-state index >= 15 is 0 Å². The molecule has 0 atom stereocenters. The summed E-state index contributed by atoms with van der Waals surface area (Å²) in [5.41, 5.74) is 2.36. The summed E-state index contributed by atoms with van der Waals surface area (Å²) >= 11 is 7.44. The number of aromatic nitrogens is 4. The minimum absolute atomic E-state index is 0.393. The molecule has 31 heavy (non-hydrogen) atoms. The molecule has 0 unspecified atom stereocenters. The fourth-order valence-corrected chi connectivity index (χ4v) is 3.47. The number of nitrogens with zero attached hydrogens (tertiary/aromatic N) is 5. The Balaban J connectivity index is 1.36. The smallest absolute Gasteiger partial charge is 0.345 e. The van der Waals surface area contributed by atoms with Crippen LogP contribution in [0.25, 0.3) is 0 Å². The van der Waals surface area contributed by atoms with Crippen LogP contribution in [0.3, 0.4) is 0 Å². The Hall–Kier alpha value is -3.49. The normalized spacial score (nSPS) is 11.0. The molecular formula is C22H16ClN5O2S. The molecule has 0 aliphatic heterocycles. The van der Waals surface area contributed by atoms with Gasteiger partial charge in [-0.2, -0.15) is 9.78 Å². The van der Waals surface area contributed by atoms with Gasteiger partial charge in [0, 0.05) is 23.2 Å². The van der Waals surface area contributed by atoms with E-state index in [0.717, 1.165) is 16.9 Å². The van der Waals surface area contributed by atoms with Gasteiger partial charge in [-0.15, -0.1) is 10.2 Å². The summed E-state index contributed by atoms with van der Waals surface area (Å²) in [6.07, 6.45) is 6.29. The van der Waals surface area contributed by atoms with E-state index in [0.29, 0.717) is 21.5 Å². The molecule has 0 saturated heterocycles. The van der Waals surface area contributed by atoms with Crippen molar-refractivity contribution in [1.29, 1.82) is 0 Å². The van der Waals surface area contributed by atoms with Crippen LogP contribution in [0, 0.1) is 0 Å². The molecule has 7 nitrogen and oxygen atoms in total. The molecule has 0 saturated carbocycles. The minimum Gasteiger partial charge on any atom is -0.423 e. The molecule has 0 radical (unpaired) electrons. The second kappa shape index (κ2) is 10.0. The van der Waals surface area contributed by atoms with Crippen molar-refractivity contribution in [2.75, 3.05) is 0 Å². The number of carbonyl (C=O) groups excluding carboxylic acids is 1. The summed E-state index contributed by atoms with van der Waals surface area (Å²) in [6.45, 7) is 0. The molecule has 0 amide bonds. The Morgan fingerprint density at radius 3 is 2.68 bits per heavy atom. The van der Waals surface area contributed by atoms with Crippen molar-refractivity contribution in [2.45, 2.75) is 10.9 Å². The van der Waals surface area contributed by atoms with Crippen LogP contribution in [-0.4, -0.2) is 32.0 Å². The number of carbonyl (C=O) groups is 1. The van der Waals surface area contributed by atoms with E-state index in [4.69, 9.17) is 16.3 Å². The number of ether oxygens (including phenoxy) is 1. The average molecular weight is 450 g/mol. The standard InChI is InChI=1S/C22H16ClN5O2S/c23-19-7-3-17(4-8-19)14-31-22-27-25-15-28(22)26-12-16-5-9-20(10-6-16)30-21(29)18-2-1-11-24-13-18/h1-13,15H,14H2/b26-12+. The number of hydrogen-bond acceptors (Lipinski definition) is 7. The highest BCUT2D eigenvalue weighted by Crippen LogP contribution is 2.21. The molecule has 2 aromatic carbocycles. The monoisotopic (exact) mass is 449 g/mol. The van der Waals surface area contributed by atoms with Crippen molar-refractivity contribution in [3.63, 3.8) is 0 Å². The number of pyridine rings is 1. The summed E-state index contributed by atoms with van der Waals surface area (Å²) in [7, 11) is 0.